The number of anilines is 1. The van der Waals surface area contributed by atoms with Crippen LogP contribution in [0, 0.1) is 25.1 Å². The predicted molar refractivity (Wildman–Crippen MR) is 136 cm³/mol. The van der Waals surface area contributed by atoms with E-state index in [1.165, 1.54) is 12.1 Å². The smallest absolute Gasteiger partial charge is 0.307 e. The fraction of sp³-hybridized carbons (Fsp3) is 0.379. The zero-order chi connectivity index (χ0) is 25.2. The van der Waals surface area contributed by atoms with E-state index in [0.717, 1.165) is 65.3 Å². The van der Waals surface area contributed by atoms with E-state index in [0.29, 0.717) is 12.4 Å². The maximum Gasteiger partial charge on any atom is 0.307 e. The summed E-state index contributed by atoms with van der Waals surface area (Å²) in [5.41, 5.74) is 6.57. The van der Waals surface area contributed by atoms with Gasteiger partial charge in [-0.1, -0.05) is 38.1 Å². The quantitative estimate of drug-likeness (QED) is 0.431. The van der Waals surface area contributed by atoms with E-state index in [9.17, 15) is 14.3 Å². The molecule has 1 aliphatic rings. The molecule has 184 valence electrons. The first kappa shape index (κ1) is 24.7. The first-order valence-electron chi connectivity index (χ1n) is 12.1. The van der Waals surface area contributed by atoms with Gasteiger partial charge in [-0.25, -0.2) is 4.39 Å². The van der Waals surface area contributed by atoms with Gasteiger partial charge in [-0.05, 0) is 67.5 Å². The summed E-state index contributed by atoms with van der Waals surface area (Å²) in [5, 5.41) is 9.65. The Hall–Kier alpha value is -3.41. The number of hydrogen-bond acceptors (Lipinski definition) is 4. The lowest BCUT2D eigenvalue weighted by Crippen LogP contribution is -2.38. The molecule has 35 heavy (non-hydrogen) atoms. The van der Waals surface area contributed by atoms with Crippen molar-refractivity contribution in [2.24, 2.45) is 5.41 Å². The topological polar surface area (TPSA) is 62.7 Å². The zero-order valence-corrected chi connectivity index (χ0v) is 20.9. The van der Waals surface area contributed by atoms with Crippen molar-refractivity contribution < 1.29 is 19.0 Å². The fourth-order valence-corrected chi connectivity index (χ4v) is 4.73. The number of carboxylic acid groups (broad SMARTS) is 1. The second kappa shape index (κ2) is 10.1. The van der Waals surface area contributed by atoms with E-state index >= 15 is 0 Å². The summed E-state index contributed by atoms with van der Waals surface area (Å²) < 4.78 is 19.0. The molecule has 0 atom stereocenters. The minimum absolute atomic E-state index is 0.0554. The lowest BCUT2D eigenvalue weighted by atomic mass is 9.82. The monoisotopic (exact) mass is 476 g/mol. The van der Waals surface area contributed by atoms with Crippen molar-refractivity contribution in [1.29, 1.82) is 0 Å². The van der Waals surface area contributed by atoms with Crippen LogP contribution in [0.2, 0.25) is 0 Å². The number of pyridine rings is 1. The molecule has 0 aliphatic carbocycles. The van der Waals surface area contributed by atoms with Gasteiger partial charge in [0.15, 0.2) is 0 Å². The van der Waals surface area contributed by atoms with Crippen LogP contribution in [0.15, 0.2) is 48.5 Å². The molecule has 6 heteroatoms. The molecule has 4 rings (SSSR count). The summed E-state index contributed by atoms with van der Waals surface area (Å²) >= 11 is 0. The molecule has 0 radical (unpaired) electrons. The van der Waals surface area contributed by atoms with Crippen LogP contribution >= 0.6 is 0 Å². The van der Waals surface area contributed by atoms with E-state index in [1.807, 2.05) is 38.1 Å². The summed E-state index contributed by atoms with van der Waals surface area (Å²) in [6, 6.07) is 14.1. The van der Waals surface area contributed by atoms with Crippen molar-refractivity contribution in [3.8, 4) is 16.9 Å². The Morgan fingerprint density at radius 1 is 1.03 bits per heavy atom. The number of halogens is 1. The number of aryl methyl sites for hydroxylation is 2. The third-order valence-electron chi connectivity index (χ3n) is 6.88. The predicted octanol–water partition coefficient (Wildman–Crippen LogP) is 6.34. The van der Waals surface area contributed by atoms with Crippen LogP contribution in [0.3, 0.4) is 0 Å². The summed E-state index contributed by atoms with van der Waals surface area (Å²) in [6.45, 7) is 10.6. The number of hydrogen-bond donors (Lipinski definition) is 1. The molecule has 1 saturated heterocycles. The first-order valence-corrected chi connectivity index (χ1v) is 12.1. The lowest BCUT2D eigenvalue weighted by molar-refractivity contribution is -0.136. The number of carbonyl (C=O) groups is 1. The number of nitrogens with zero attached hydrogens (tertiary/aromatic N) is 2. The largest absolute Gasteiger partial charge is 0.489 e. The van der Waals surface area contributed by atoms with Crippen molar-refractivity contribution in [1.82, 2.24) is 4.98 Å². The second-order valence-electron chi connectivity index (χ2n) is 10.1. The SMILES string of the molecule is Cc1nc(C)c(-c2ccc(OCc3ccc(F)cc3)cc2)c(N2CCC(C)(C)CC2)c1CC(=O)O. The number of carboxylic acids is 1. The number of benzene rings is 2. The average molecular weight is 477 g/mol. The van der Waals surface area contributed by atoms with Gasteiger partial charge in [-0.3, -0.25) is 9.78 Å². The average Bonchev–Trinajstić information content (AvgIpc) is 2.81. The summed E-state index contributed by atoms with van der Waals surface area (Å²) in [6.07, 6.45) is 2.05. The van der Waals surface area contributed by atoms with Crippen molar-refractivity contribution in [2.75, 3.05) is 18.0 Å². The maximum atomic E-state index is 13.1. The summed E-state index contributed by atoms with van der Waals surface area (Å²) in [5.74, 6) is -0.411. The normalized spacial score (nSPS) is 15.2. The Bertz CT molecular complexity index is 1190. The molecule has 0 spiro atoms. The lowest BCUT2D eigenvalue weighted by Gasteiger charge is -2.40. The molecule has 0 amide bonds. The molecular weight excluding hydrogens is 443 g/mol. The number of ether oxygens (including phenoxy) is 1. The first-order chi connectivity index (χ1) is 16.6. The summed E-state index contributed by atoms with van der Waals surface area (Å²) in [4.78, 5) is 18.8. The Morgan fingerprint density at radius 3 is 2.26 bits per heavy atom. The Morgan fingerprint density at radius 2 is 1.66 bits per heavy atom. The van der Waals surface area contributed by atoms with E-state index in [2.05, 4.69) is 18.7 Å². The van der Waals surface area contributed by atoms with Crippen molar-refractivity contribution in [3.63, 3.8) is 0 Å². The Kier molecular flexibility index (Phi) is 7.10. The van der Waals surface area contributed by atoms with Gasteiger partial charge in [0.2, 0.25) is 0 Å². The van der Waals surface area contributed by atoms with Crippen molar-refractivity contribution >= 4 is 11.7 Å². The molecule has 0 saturated carbocycles. The third-order valence-corrected chi connectivity index (χ3v) is 6.88. The number of aromatic nitrogens is 1. The van der Waals surface area contributed by atoms with E-state index in [1.54, 1.807) is 12.1 Å². The van der Waals surface area contributed by atoms with Gasteiger partial charge >= 0.3 is 5.97 Å². The van der Waals surface area contributed by atoms with Gasteiger partial charge < -0.3 is 14.7 Å². The molecule has 1 aliphatic heterocycles. The maximum absolute atomic E-state index is 13.1. The highest BCUT2D eigenvalue weighted by atomic mass is 19.1. The van der Waals surface area contributed by atoms with Gasteiger partial charge in [0.1, 0.15) is 18.2 Å². The van der Waals surface area contributed by atoms with Gasteiger partial charge in [0, 0.05) is 35.6 Å². The van der Waals surface area contributed by atoms with Crippen LogP contribution < -0.4 is 9.64 Å². The molecule has 0 unspecified atom stereocenters. The minimum Gasteiger partial charge on any atom is -0.489 e. The van der Waals surface area contributed by atoms with Gasteiger partial charge in [0.25, 0.3) is 0 Å². The van der Waals surface area contributed by atoms with Crippen molar-refractivity contribution in [3.05, 3.63) is 76.9 Å². The molecule has 0 bridgehead atoms. The molecule has 2 aromatic carbocycles. The zero-order valence-electron chi connectivity index (χ0n) is 20.9. The van der Waals surface area contributed by atoms with Crippen LogP contribution in [0.1, 0.15) is 49.2 Å². The van der Waals surface area contributed by atoms with Gasteiger partial charge in [-0.2, -0.15) is 0 Å². The van der Waals surface area contributed by atoms with Gasteiger partial charge in [-0.15, -0.1) is 0 Å². The van der Waals surface area contributed by atoms with Crippen LogP contribution in [0.5, 0.6) is 5.75 Å². The second-order valence-corrected chi connectivity index (χ2v) is 10.1. The van der Waals surface area contributed by atoms with Crippen LogP contribution in [-0.4, -0.2) is 29.1 Å². The Balaban J connectivity index is 1.67. The van der Waals surface area contributed by atoms with Crippen LogP contribution in [-0.2, 0) is 17.8 Å². The minimum atomic E-state index is -0.854. The molecule has 3 aromatic rings. The van der Waals surface area contributed by atoms with Crippen molar-refractivity contribution in [2.45, 2.75) is 53.6 Å². The highest BCUT2D eigenvalue weighted by Gasteiger charge is 2.30. The molecule has 1 aromatic heterocycles. The molecule has 2 heterocycles. The molecule has 1 N–H and O–H groups in total. The number of aliphatic carboxylic acids is 1. The molecule has 1 fully saturated rings. The molecular formula is C29H33FN2O3. The fourth-order valence-electron chi connectivity index (χ4n) is 4.73. The third kappa shape index (κ3) is 5.81. The number of piperidine rings is 1. The number of rotatable bonds is 7. The standard InChI is InChI=1S/C29H33FN2O3/c1-19-25(17-26(33)34)28(32-15-13-29(3,4)14-16-32)27(20(2)31-19)22-7-11-24(12-8-22)35-18-21-5-9-23(30)10-6-21/h5-12H,13-18H2,1-4H3,(H,33,34). The molecule has 5 nitrogen and oxygen atoms in total. The Labute approximate surface area is 206 Å². The summed E-state index contributed by atoms with van der Waals surface area (Å²) in [7, 11) is 0. The van der Waals surface area contributed by atoms with Crippen LogP contribution in [0.25, 0.3) is 11.1 Å². The highest BCUT2D eigenvalue weighted by Crippen LogP contribution is 2.41. The highest BCUT2D eigenvalue weighted by molar-refractivity contribution is 5.86. The van der Waals surface area contributed by atoms with E-state index < -0.39 is 5.97 Å². The van der Waals surface area contributed by atoms with E-state index in [-0.39, 0.29) is 17.7 Å². The van der Waals surface area contributed by atoms with E-state index in [4.69, 9.17) is 9.72 Å². The van der Waals surface area contributed by atoms with Gasteiger partial charge in [0.05, 0.1) is 12.1 Å². The van der Waals surface area contributed by atoms with Crippen LogP contribution in [0.4, 0.5) is 10.1 Å².